The Labute approximate surface area is 196 Å². The van der Waals surface area contributed by atoms with Crippen molar-refractivity contribution < 1.29 is 17.9 Å². The summed E-state index contributed by atoms with van der Waals surface area (Å²) in [6.07, 6.45) is -0.518. The lowest BCUT2D eigenvalue weighted by atomic mass is 9.34. The lowest BCUT2D eigenvalue weighted by Crippen LogP contribution is -2.70. The maximum atomic E-state index is 13.6. The average Bonchev–Trinajstić information content (AvgIpc) is 2.72. The number of hydrogen-bond donors (Lipinski definition) is 0. The van der Waals surface area contributed by atoms with Crippen LogP contribution in [0.3, 0.4) is 0 Å². The zero-order chi connectivity index (χ0) is 23.9. The van der Waals surface area contributed by atoms with Gasteiger partial charge in [-0.05, 0) is 76.6 Å². The van der Waals surface area contributed by atoms with Gasteiger partial charge >= 0.3 is 6.18 Å². The number of nitrogens with zero attached hydrogens (tertiary/aromatic N) is 4. The summed E-state index contributed by atoms with van der Waals surface area (Å²) in [5.41, 5.74) is 4.59. The smallest absolute Gasteiger partial charge is 0.373 e. The van der Waals surface area contributed by atoms with Gasteiger partial charge in [0.15, 0.2) is 0 Å². The van der Waals surface area contributed by atoms with E-state index in [-0.39, 0.29) is 31.3 Å². The van der Waals surface area contributed by atoms with Crippen molar-refractivity contribution >= 4 is 11.0 Å². The fourth-order valence-corrected chi connectivity index (χ4v) is 6.23. The number of pyridine rings is 2. The van der Waals surface area contributed by atoms with Crippen molar-refractivity contribution in [2.45, 2.75) is 76.5 Å². The van der Waals surface area contributed by atoms with Crippen molar-refractivity contribution in [3.8, 4) is 0 Å². The van der Waals surface area contributed by atoms with Crippen molar-refractivity contribution in [3.05, 3.63) is 58.4 Å². The maximum absolute atomic E-state index is 13.6. The summed E-state index contributed by atoms with van der Waals surface area (Å²) in [5, 5.41) is 0. The first-order valence-corrected chi connectivity index (χ1v) is 11.9. The topological polar surface area (TPSA) is 60.8 Å². The second kappa shape index (κ2) is 7.20. The van der Waals surface area contributed by atoms with Gasteiger partial charge < -0.3 is 4.74 Å². The van der Waals surface area contributed by atoms with E-state index >= 15 is 0 Å². The van der Waals surface area contributed by atoms with Gasteiger partial charge in [0, 0.05) is 35.5 Å². The lowest BCUT2D eigenvalue weighted by Gasteiger charge is -2.70. The van der Waals surface area contributed by atoms with Crippen LogP contribution in [-0.2, 0) is 10.2 Å². The number of alkyl halides is 3. The van der Waals surface area contributed by atoms with Crippen molar-refractivity contribution in [2.75, 3.05) is 6.61 Å². The molecule has 4 heterocycles. The summed E-state index contributed by atoms with van der Waals surface area (Å²) in [5.74, 6) is 0.141. The molecule has 5 nitrogen and oxygen atoms in total. The summed E-state index contributed by atoms with van der Waals surface area (Å²) in [6.45, 7) is 6.37. The Kier molecular flexibility index (Phi) is 4.63. The number of rotatable bonds is 3. The van der Waals surface area contributed by atoms with E-state index in [4.69, 9.17) is 19.7 Å². The third kappa shape index (κ3) is 3.17. The molecule has 0 N–H and O–H groups in total. The van der Waals surface area contributed by atoms with Gasteiger partial charge in [-0.3, -0.25) is 9.97 Å². The highest BCUT2D eigenvalue weighted by atomic mass is 19.4. The minimum absolute atomic E-state index is 0.0596. The predicted molar refractivity (Wildman–Crippen MR) is 120 cm³/mol. The highest BCUT2D eigenvalue weighted by Crippen LogP contribution is 2.78. The molecule has 3 saturated carbocycles. The molecule has 3 aromatic heterocycles. The van der Waals surface area contributed by atoms with Crippen molar-refractivity contribution in [2.24, 2.45) is 5.41 Å². The molecule has 2 bridgehead atoms. The van der Waals surface area contributed by atoms with Crippen LogP contribution >= 0.6 is 0 Å². The van der Waals surface area contributed by atoms with Gasteiger partial charge in [0.05, 0.1) is 34.1 Å². The standard InChI is InChI=1S/C26H27F3N4O/c1-14-8-18(4-6-30-14)21-9-17(5-7-34-21)19-10-20-22(32-16(3)15(2)31-20)23(33-19)24-11-25(12-24,13-24)26(27,28)29/h4,6,8,10,17,21H,5,7,9,11-13H2,1-3H3/t17-,21-,24-,25-/m0/s1. The Morgan fingerprint density at radius 3 is 2.44 bits per heavy atom. The molecule has 8 heteroatoms. The van der Waals surface area contributed by atoms with Crippen LogP contribution in [0, 0.1) is 26.2 Å². The van der Waals surface area contributed by atoms with Crippen LogP contribution in [0.15, 0.2) is 24.4 Å². The van der Waals surface area contributed by atoms with Crippen LogP contribution in [-0.4, -0.2) is 32.7 Å². The fraction of sp³-hybridized carbons (Fsp3) is 0.538. The van der Waals surface area contributed by atoms with E-state index in [9.17, 15) is 13.2 Å². The van der Waals surface area contributed by atoms with E-state index in [0.29, 0.717) is 17.8 Å². The molecule has 4 aliphatic rings. The van der Waals surface area contributed by atoms with Gasteiger partial charge in [-0.2, -0.15) is 13.2 Å². The molecule has 4 fully saturated rings. The summed E-state index contributed by atoms with van der Waals surface area (Å²) >= 11 is 0. The molecule has 0 spiro atoms. The molecule has 0 amide bonds. The molecular formula is C26H27F3N4O. The molecule has 2 atom stereocenters. The van der Waals surface area contributed by atoms with Gasteiger partial charge in [0.2, 0.25) is 0 Å². The average molecular weight is 469 g/mol. The Bertz CT molecular complexity index is 1290. The summed E-state index contributed by atoms with van der Waals surface area (Å²) < 4.78 is 46.8. The molecular weight excluding hydrogens is 441 g/mol. The number of halogens is 3. The van der Waals surface area contributed by atoms with Crippen LogP contribution in [0.5, 0.6) is 0 Å². The van der Waals surface area contributed by atoms with Gasteiger partial charge in [-0.1, -0.05) is 0 Å². The largest absolute Gasteiger partial charge is 0.394 e. The number of aromatic nitrogens is 4. The van der Waals surface area contributed by atoms with E-state index < -0.39 is 17.0 Å². The zero-order valence-electron chi connectivity index (χ0n) is 19.5. The van der Waals surface area contributed by atoms with Crippen molar-refractivity contribution in [1.82, 2.24) is 19.9 Å². The second-order valence-electron chi connectivity index (χ2n) is 10.6. The fourth-order valence-electron chi connectivity index (χ4n) is 6.23. The van der Waals surface area contributed by atoms with E-state index in [1.54, 1.807) is 6.20 Å². The first-order valence-electron chi connectivity index (χ1n) is 11.9. The molecule has 3 aromatic rings. The van der Waals surface area contributed by atoms with E-state index in [2.05, 4.69) is 4.98 Å². The minimum Gasteiger partial charge on any atom is -0.373 e. The van der Waals surface area contributed by atoms with Crippen LogP contribution in [0.1, 0.15) is 78.2 Å². The van der Waals surface area contributed by atoms with E-state index in [1.807, 2.05) is 39.0 Å². The normalized spacial score (nSPS) is 30.6. The maximum Gasteiger partial charge on any atom is 0.394 e. The number of aryl methyl sites for hydroxylation is 3. The molecule has 7 rings (SSSR count). The monoisotopic (exact) mass is 468 g/mol. The Morgan fingerprint density at radius 1 is 1.00 bits per heavy atom. The van der Waals surface area contributed by atoms with Gasteiger partial charge in [-0.15, -0.1) is 0 Å². The van der Waals surface area contributed by atoms with Crippen LogP contribution in [0.25, 0.3) is 11.0 Å². The molecule has 0 aromatic carbocycles. The number of fused-ring (bicyclic) bond motifs is 1. The SMILES string of the molecule is Cc1cc([C@@H]2C[C@@H](c3cc4nc(C)c(C)nc4c([C@]45C[C@@](C(F)(F)F)(C4)C5)n3)CCO2)ccn1. The van der Waals surface area contributed by atoms with Crippen molar-refractivity contribution in [1.29, 1.82) is 0 Å². The van der Waals surface area contributed by atoms with Gasteiger partial charge in [-0.25, -0.2) is 9.97 Å². The third-order valence-electron chi connectivity index (χ3n) is 8.21. The number of ether oxygens (including phenoxy) is 1. The highest BCUT2D eigenvalue weighted by Gasteiger charge is 2.79. The second-order valence-corrected chi connectivity index (χ2v) is 10.6. The summed E-state index contributed by atoms with van der Waals surface area (Å²) in [6, 6.07) is 6.02. The van der Waals surface area contributed by atoms with Crippen LogP contribution < -0.4 is 0 Å². The Hall–Kier alpha value is -2.61. The minimum atomic E-state index is -4.16. The molecule has 0 unspecified atom stereocenters. The summed E-state index contributed by atoms with van der Waals surface area (Å²) in [4.78, 5) is 18.9. The zero-order valence-corrected chi connectivity index (χ0v) is 19.5. The van der Waals surface area contributed by atoms with E-state index in [0.717, 1.165) is 46.7 Å². The number of hydrogen-bond acceptors (Lipinski definition) is 5. The molecule has 0 radical (unpaired) electrons. The van der Waals surface area contributed by atoms with Crippen LogP contribution in [0.2, 0.25) is 0 Å². The lowest BCUT2D eigenvalue weighted by molar-refractivity contribution is -0.337. The Morgan fingerprint density at radius 2 is 1.74 bits per heavy atom. The molecule has 1 aliphatic heterocycles. The van der Waals surface area contributed by atoms with Crippen LogP contribution in [0.4, 0.5) is 13.2 Å². The Balaban J connectivity index is 1.39. The molecule has 1 saturated heterocycles. The first-order chi connectivity index (χ1) is 16.1. The van der Waals surface area contributed by atoms with Crippen molar-refractivity contribution in [3.63, 3.8) is 0 Å². The predicted octanol–water partition coefficient (Wildman–Crippen LogP) is 5.96. The third-order valence-corrected chi connectivity index (χ3v) is 8.21. The molecule has 178 valence electrons. The summed E-state index contributed by atoms with van der Waals surface area (Å²) in [7, 11) is 0. The molecule has 3 aliphatic carbocycles. The first kappa shape index (κ1) is 21.9. The van der Waals surface area contributed by atoms with Gasteiger partial charge in [0.25, 0.3) is 0 Å². The molecule has 34 heavy (non-hydrogen) atoms. The van der Waals surface area contributed by atoms with Gasteiger partial charge in [0.1, 0.15) is 5.52 Å². The highest BCUT2D eigenvalue weighted by molar-refractivity contribution is 5.79. The van der Waals surface area contributed by atoms with E-state index in [1.165, 1.54) is 0 Å². The quantitative estimate of drug-likeness (QED) is 0.474.